The Bertz CT molecular complexity index is 589. The molecule has 1 aromatic heterocycles. The third kappa shape index (κ3) is 2.25. The summed E-state index contributed by atoms with van der Waals surface area (Å²) >= 11 is 3.05. The highest BCUT2D eigenvalue weighted by molar-refractivity contribution is 9.10. The lowest BCUT2D eigenvalue weighted by Gasteiger charge is -2.31. The zero-order valence-electron chi connectivity index (χ0n) is 16.0. The van der Waals surface area contributed by atoms with Crippen LogP contribution in [-0.4, -0.2) is 29.2 Å². The smallest absolute Gasteiger partial charge is 0.106 e. The normalized spacial score (nSPS) is 44.7. The molecule has 1 aliphatic rings. The molecule has 1 fully saturated rings. The van der Waals surface area contributed by atoms with E-state index >= 15 is 0 Å². The second kappa shape index (κ2) is 4.28. The summed E-state index contributed by atoms with van der Waals surface area (Å²) in [6, 6.07) is 2.58. The molecule has 3 nitrogen and oxygen atoms in total. The zero-order chi connectivity index (χ0) is 18.1. The standard InChI is InChI=1S/C10H13BrN2O/c11-10-2-1-8(7-12-10)13-5-3-9(14)4-6-13/h1-2,7,9,14H,3-6H2/i3D2,4D2,5D2,6D2,9D. The SMILES string of the molecule is [2H]C1([2H])N(c2ccc(Br)nc2)C([2H])([2H])C([2H])([2H])C([2H])(O)C1([2H])[2H]. The van der Waals surface area contributed by atoms with Crippen LogP contribution in [0.3, 0.4) is 0 Å². The molecular weight excluding hydrogens is 244 g/mol. The van der Waals surface area contributed by atoms with Crippen LogP contribution in [-0.2, 0) is 0 Å². The summed E-state index contributed by atoms with van der Waals surface area (Å²) in [5.74, 6) is 0. The van der Waals surface area contributed by atoms with Gasteiger partial charge in [-0.1, -0.05) is 0 Å². The molecule has 2 rings (SSSR count). The number of nitrogens with zero attached hydrogens (tertiary/aromatic N) is 2. The van der Waals surface area contributed by atoms with Crippen LogP contribution in [0.25, 0.3) is 0 Å². The Morgan fingerprint density at radius 3 is 2.86 bits per heavy atom. The van der Waals surface area contributed by atoms with Gasteiger partial charge in [-0.15, -0.1) is 0 Å². The summed E-state index contributed by atoms with van der Waals surface area (Å²) in [6.45, 7) is -6.46. The topological polar surface area (TPSA) is 36.4 Å². The molecule has 1 N–H and O–H groups in total. The van der Waals surface area contributed by atoms with Gasteiger partial charge in [-0.05, 0) is 40.8 Å². The highest BCUT2D eigenvalue weighted by Gasteiger charge is 2.16. The van der Waals surface area contributed by atoms with Crippen molar-refractivity contribution in [3.05, 3.63) is 22.9 Å². The quantitative estimate of drug-likeness (QED) is 0.787. The van der Waals surface area contributed by atoms with Crippen LogP contribution in [0.5, 0.6) is 0 Å². The van der Waals surface area contributed by atoms with E-state index in [1.807, 2.05) is 0 Å². The number of rotatable bonds is 1. The van der Waals surface area contributed by atoms with E-state index in [0.29, 0.717) is 4.60 Å². The van der Waals surface area contributed by atoms with Crippen LogP contribution in [0.2, 0.25) is 0 Å². The number of piperidine rings is 1. The third-order valence-corrected chi connectivity index (χ3v) is 2.01. The lowest BCUT2D eigenvalue weighted by molar-refractivity contribution is 0.145. The molecule has 0 amide bonds. The Hall–Kier alpha value is -0.610. The summed E-state index contributed by atoms with van der Waals surface area (Å²) < 4.78 is 70.8. The molecule has 0 radical (unpaired) electrons. The average molecular weight is 266 g/mol. The molecule has 0 atom stereocenters. The maximum absolute atomic E-state index is 10.00. The van der Waals surface area contributed by atoms with E-state index in [9.17, 15) is 5.11 Å². The number of aromatic nitrogens is 1. The van der Waals surface area contributed by atoms with Crippen LogP contribution in [0, 0.1) is 0 Å². The highest BCUT2D eigenvalue weighted by atomic mass is 79.9. The highest BCUT2D eigenvalue weighted by Crippen LogP contribution is 2.20. The first-order valence-electron chi connectivity index (χ1n) is 8.26. The largest absolute Gasteiger partial charge is 0.393 e. The molecule has 0 aliphatic carbocycles. The average Bonchev–Trinajstić information content (AvgIpc) is 2.39. The molecule has 1 saturated heterocycles. The lowest BCUT2D eigenvalue weighted by atomic mass is 10.1. The van der Waals surface area contributed by atoms with Gasteiger partial charge in [0.15, 0.2) is 0 Å². The van der Waals surface area contributed by atoms with Crippen molar-refractivity contribution in [1.82, 2.24) is 4.98 Å². The first kappa shape index (κ1) is 3.76. The van der Waals surface area contributed by atoms with E-state index in [1.165, 1.54) is 12.1 Å². The summed E-state index contributed by atoms with van der Waals surface area (Å²) in [5, 5.41) is 10.00. The van der Waals surface area contributed by atoms with Crippen LogP contribution in [0.15, 0.2) is 22.9 Å². The fourth-order valence-corrected chi connectivity index (χ4v) is 1.14. The van der Waals surface area contributed by atoms with Gasteiger partial charge in [0.05, 0.1) is 19.3 Å². The molecule has 0 unspecified atom stereocenters. The minimum Gasteiger partial charge on any atom is -0.393 e. The number of hydrogen-bond acceptors (Lipinski definition) is 3. The molecule has 76 valence electrons. The van der Waals surface area contributed by atoms with E-state index < -0.39 is 31.8 Å². The third-order valence-electron chi connectivity index (χ3n) is 1.54. The molecule has 0 saturated carbocycles. The van der Waals surface area contributed by atoms with E-state index in [-0.39, 0.29) is 10.6 Å². The summed E-state index contributed by atoms with van der Waals surface area (Å²) in [4.78, 5) is 4.04. The predicted molar refractivity (Wildman–Crippen MR) is 59.4 cm³/mol. The predicted octanol–water partition coefficient (Wildman–Crippen LogP) is 1.81. The number of hydrogen-bond donors (Lipinski definition) is 1. The second-order valence-corrected chi connectivity index (χ2v) is 3.31. The number of pyridine rings is 1. The van der Waals surface area contributed by atoms with Crippen LogP contribution in [0.4, 0.5) is 5.69 Å². The fraction of sp³-hybridized carbons (Fsp3) is 0.500. The van der Waals surface area contributed by atoms with E-state index in [0.717, 1.165) is 6.20 Å². The van der Waals surface area contributed by atoms with Crippen molar-refractivity contribution < 1.29 is 17.4 Å². The number of halogens is 1. The maximum atomic E-state index is 10.00. The van der Waals surface area contributed by atoms with Crippen molar-refractivity contribution in [2.45, 2.75) is 18.8 Å². The van der Waals surface area contributed by atoms with Crippen molar-refractivity contribution in [3.8, 4) is 0 Å². The van der Waals surface area contributed by atoms with Gasteiger partial charge in [0.2, 0.25) is 0 Å². The summed E-state index contributed by atoms with van der Waals surface area (Å²) in [6.07, 6.45) is -9.50. The van der Waals surface area contributed by atoms with Crippen LogP contribution in [0.1, 0.15) is 25.1 Å². The lowest BCUT2D eigenvalue weighted by Crippen LogP contribution is -2.35. The van der Waals surface area contributed by atoms with Gasteiger partial charge in [-0.2, -0.15) is 0 Å². The van der Waals surface area contributed by atoms with Gasteiger partial charge >= 0.3 is 0 Å². The van der Waals surface area contributed by atoms with E-state index in [2.05, 4.69) is 20.9 Å². The van der Waals surface area contributed by atoms with Crippen molar-refractivity contribution >= 4 is 21.6 Å². The molecule has 0 bridgehead atoms. The fourth-order valence-electron chi connectivity index (χ4n) is 0.906. The molecular formula is C10H13BrN2O. The van der Waals surface area contributed by atoms with Gasteiger partial charge < -0.3 is 10.0 Å². The molecule has 1 aliphatic heterocycles. The van der Waals surface area contributed by atoms with E-state index in [1.54, 1.807) is 0 Å². The van der Waals surface area contributed by atoms with Crippen LogP contribution >= 0.6 is 15.9 Å². The Balaban J connectivity index is 2.77. The van der Waals surface area contributed by atoms with Gasteiger partial charge in [0.1, 0.15) is 4.60 Å². The van der Waals surface area contributed by atoms with Gasteiger partial charge in [0.25, 0.3) is 0 Å². The summed E-state index contributed by atoms with van der Waals surface area (Å²) in [5.41, 5.74) is -0.230. The van der Waals surface area contributed by atoms with Crippen molar-refractivity contribution in [2.24, 2.45) is 0 Å². The first-order valence-corrected chi connectivity index (χ1v) is 4.56. The molecule has 0 aromatic carbocycles. The minimum atomic E-state index is -3.66. The van der Waals surface area contributed by atoms with Gasteiger partial charge in [-0.3, -0.25) is 0 Å². The molecule has 2 heterocycles. The van der Waals surface area contributed by atoms with Gasteiger partial charge in [0, 0.05) is 24.0 Å². The monoisotopic (exact) mass is 265 g/mol. The number of aliphatic hydroxyl groups is 1. The van der Waals surface area contributed by atoms with E-state index in [4.69, 9.17) is 12.3 Å². The zero-order valence-corrected chi connectivity index (χ0v) is 8.54. The molecule has 4 heteroatoms. The van der Waals surface area contributed by atoms with Crippen molar-refractivity contribution in [1.29, 1.82) is 0 Å². The van der Waals surface area contributed by atoms with Crippen molar-refractivity contribution in [3.63, 3.8) is 0 Å². The minimum absolute atomic E-state index is 0.230. The van der Waals surface area contributed by atoms with Crippen molar-refractivity contribution in [2.75, 3.05) is 17.9 Å². The maximum Gasteiger partial charge on any atom is 0.106 e. The van der Waals surface area contributed by atoms with Gasteiger partial charge in [-0.25, -0.2) is 4.98 Å². The second-order valence-electron chi connectivity index (χ2n) is 2.50. The van der Waals surface area contributed by atoms with Crippen LogP contribution < -0.4 is 4.90 Å². The summed E-state index contributed by atoms with van der Waals surface area (Å²) in [7, 11) is 0. The number of anilines is 1. The Morgan fingerprint density at radius 1 is 1.57 bits per heavy atom. The molecule has 0 spiro atoms. The Kier molecular flexibility index (Phi) is 1.15. The Labute approximate surface area is 105 Å². The molecule has 1 aromatic rings. The Morgan fingerprint density at radius 2 is 2.29 bits per heavy atom. The molecule has 14 heavy (non-hydrogen) atoms. The first-order chi connectivity index (χ1) is 10.1.